The lowest BCUT2D eigenvalue weighted by molar-refractivity contribution is 0.388. The molecule has 0 unspecified atom stereocenters. The van der Waals surface area contributed by atoms with E-state index in [4.69, 9.17) is 27.7 Å². The Morgan fingerprint density at radius 3 is 2.56 bits per heavy atom. The fourth-order valence-electron chi connectivity index (χ4n) is 0.486. The van der Waals surface area contributed by atoms with E-state index < -0.39 is 4.84 Å². The molecule has 0 saturated heterocycles. The molecule has 1 aromatic rings. The minimum atomic E-state index is -0.605. The molecule has 0 aliphatic heterocycles. The molecule has 0 radical (unpaired) electrons. The minimum absolute atomic E-state index is 0.496. The summed E-state index contributed by atoms with van der Waals surface area (Å²) in [5, 5.41) is 3.59. The van der Waals surface area contributed by atoms with Gasteiger partial charge in [-0.05, 0) is 6.92 Å². The molecular weight excluding hydrogens is 161 g/mol. The zero-order chi connectivity index (χ0) is 6.85. The summed E-state index contributed by atoms with van der Waals surface area (Å²) in [6, 6.07) is 1.70. The second-order valence-corrected chi connectivity index (χ2v) is 2.77. The molecule has 50 valence electrons. The van der Waals surface area contributed by atoms with Crippen LogP contribution in [0.15, 0.2) is 10.6 Å². The Balaban J connectivity index is 2.85. The largest absolute Gasteiger partial charge is 0.358 e. The SMILES string of the molecule is Cc1cc(C(Cl)Cl)on1. The summed E-state index contributed by atoms with van der Waals surface area (Å²) in [5.74, 6) is 0.496. The third-order valence-corrected chi connectivity index (χ3v) is 1.29. The van der Waals surface area contributed by atoms with Gasteiger partial charge >= 0.3 is 0 Å². The Kier molecular flexibility index (Phi) is 1.98. The third-order valence-electron chi connectivity index (χ3n) is 0.861. The number of aromatic nitrogens is 1. The van der Waals surface area contributed by atoms with Gasteiger partial charge in [-0.2, -0.15) is 0 Å². The molecule has 0 amide bonds. The van der Waals surface area contributed by atoms with Crippen molar-refractivity contribution in [3.63, 3.8) is 0 Å². The molecule has 1 rings (SSSR count). The molecule has 0 atom stereocenters. The number of alkyl halides is 2. The first-order chi connectivity index (χ1) is 4.20. The van der Waals surface area contributed by atoms with Crippen molar-refractivity contribution in [3.8, 4) is 0 Å². The van der Waals surface area contributed by atoms with Crippen LogP contribution in [0.1, 0.15) is 16.3 Å². The fourth-order valence-corrected chi connectivity index (χ4v) is 0.692. The lowest BCUT2D eigenvalue weighted by atomic mass is 10.4. The van der Waals surface area contributed by atoms with E-state index in [2.05, 4.69) is 5.16 Å². The van der Waals surface area contributed by atoms with Gasteiger partial charge in [-0.25, -0.2) is 0 Å². The van der Waals surface area contributed by atoms with Crippen LogP contribution < -0.4 is 0 Å². The summed E-state index contributed by atoms with van der Waals surface area (Å²) in [6.07, 6.45) is 0. The molecular formula is C5H5Cl2NO. The van der Waals surface area contributed by atoms with Gasteiger partial charge in [-0.1, -0.05) is 28.4 Å². The maximum absolute atomic E-state index is 5.45. The van der Waals surface area contributed by atoms with Gasteiger partial charge in [0.05, 0.1) is 5.69 Å². The lowest BCUT2D eigenvalue weighted by Crippen LogP contribution is -1.71. The first kappa shape index (κ1) is 6.90. The van der Waals surface area contributed by atoms with E-state index >= 15 is 0 Å². The van der Waals surface area contributed by atoms with Crippen molar-refractivity contribution in [3.05, 3.63) is 17.5 Å². The molecule has 0 bridgehead atoms. The summed E-state index contributed by atoms with van der Waals surface area (Å²) in [6.45, 7) is 1.81. The van der Waals surface area contributed by atoms with Gasteiger partial charge < -0.3 is 4.52 Å². The van der Waals surface area contributed by atoms with Crippen LogP contribution >= 0.6 is 23.2 Å². The summed E-state index contributed by atoms with van der Waals surface area (Å²) >= 11 is 10.9. The van der Waals surface area contributed by atoms with Gasteiger partial charge in [0.1, 0.15) is 0 Å². The van der Waals surface area contributed by atoms with E-state index in [1.807, 2.05) is 6.92 Å². The van der Waals surface area contributed by atoms with Crippen LogP contribution in [0.2, 0.25) is 0 Å². The van der Waals surface area contributed by atoms with E-state index in [0.29, 0.717) is 5.76 Å². The minimum Gasteiger partial charge on any atom is -0.358 e. The third kappa shape index (κ3) is 1.60. The van der Waals surface area contributed by atoms with Crippen molar-refractivity contribution in [1.82, 2.24) is 5.16 Å². The topological polar surface area (TPSA) is 26.0 Å². The van der Waals surface area contributed by atoms with Gasteiger partial charge in [-0.3, -0.25) is 0 Å². The summed E-state index contributed by atoms with van der Waals surface area (Å²) in [4.78, 5) is -0.605. The van der Waals surface area contributed by atoms with Gasteiger partial charge in [0.15, 0.2) is 10.6 Å². The van der Waals surface area contributed by atoms with Crippen LogP contribution in [0.4, 0.5) is 0 Å². The molecule has 2 nitrogen and oxygen atoms in total. The first-order valence-corrected chi connectivity index (χ1v) is 3.29. The molecule has 9 heavy (non-hydrogen) atoms. The van der Waals surface area contributed by atoms with E-state index in [9.17, 15) is 0 Å². The van der Waals surface area contributed by atoms with Crippen LogP contribution in [0.5, 0.6) is 0 Å². The van der Waals surface area contributed by atoms with Gasteiger partial charge in [0.25, 0.3) is 0 Å². The van der Waals surface area contributed by atoms with E-state index in [-0.39, 0.29) is 0 Å². The van der Waals surface area contributed by atoms with Crippen LogP contribution in [0, 0.1) is 6.92 Å². The molecule has 0 aliphatic carbocycles. The first-order valence-electron chi connectivity index (χ1n) is 2.41. The maximum Gasteiger partial charge on any atom is 0.169 e. The zero-order valence-corrected chi connectivity index (χ0v) is 6.28. The number of nitrogens with zero attached hydrogens (tertiary/aromatic N) is 1. The van der Waals surface area contributed by atoms with Crippen LogP contribution in [-0.4, -0.2) is 5.16 Å². The van der Waals surface area contributed by atoms with Crippen LogP contribution in [-0.2, 0) is 0 Å². The Labute approximate surface area is 62.7 Å². The van der Waals surface area contributed by atoms with Crippen molar-refractivity contribution in [2.24, 2.45) is 0 Å². The number of hydrogen-bond donors (Lipinski definition) is 0. The Morgan fingerprint density at radius 2 is 2.33 bits per heavy atom. The monoisotopic (exact) mass is 165 g/mol. The Morgan fingerprint density at radius 1 is 1.67 bits per heavy atom. The summed E-state index contributed by atoms with van der Waals surface area (Å²) in [7, 11) is 0. The van der Waals surface area contributed by atoms with Gasteiger partial charge in [-0.15, -0.1) is 0 Å². The van der Waals surface area contributed by atoms with E-state index in [0.717, 1.165) is 5.69 Å². The van der Waals surface area contributed by atoms with Crippen molar-refractivity contribution in [1.29, 1.82) is 0 Å². The normalized spacial score (nSPS) is 10.7. The summed E-state index contributed by atoms with van der Waals surface area (Å²) < 4.78 is 4.71. The van der Waals surface area contributed by atoms with Crippen molar-refractivity contribution in [2.45, 2.75) is 11.8 Å². The number of aryl methyl sites for hydroxylation is 1. The number of halogens is 2. The van der Waals surface area contributed by atoms with Crippen molar-refractivity contribution in [2.75, 3.05) is 0 Å². The second kappa shape index (κ2) is 2.58. The second-order valence-electron chi connectivity index (χ2n) is 1.67. The Hall–Kier alpha value is -0.210. The molecule has 1 aromatic heterocycles. The standard InChI is InChI=1S/C5H5Cl2NO/c1-3-2-4(5(6)7)9-8-3/h2,5H,1H3. The van der Waals surface area contributed by atoms with Gasteiger partial charge in [0, 0.05) is 6.07 Å². The molecule has 1 heterocycles. The highest BCUT2D eigenvalue weighted by atomic mass is 35.5. The quantitative estimate of drug-likeness (QED) is 0.598. The molecule has 0 spiro atoms. The number of rotatable bonds is 1. The van der Waals surface area contributed by atoms with Crippen LogP contribution in [0.3, 0.4) is 0 Å². The average molecular weight is 166 g/mol. The molecule has 0 saturated carbocycles. The molecule has 4 heteroatoms. The highest BCUT2D eigenvalue weighted by Gasteiger charge is 2.07. The smallest absolute Gasteiger partial charge is 0.169 e. The molecule has 0 N–H and O–H groups in total. The highest BCUT2D eigenvalue weighted by Crippen LogP contribution is 2.24. The molecule has 0 aromatic carbocycles. The molecule has 0 fully saturated rings. The lowest BCUT2D eigenvalue weighted by Gasteiger charge is -1.87. The molecule has 0 aliphatic rings. The Bertz CT molecular complexity index is 197. The maximum atomic E-state index is 5.45. The predicted octanol–water partition coefficient (Wildman–Crippen LogP) is 2.46. The van der Waals surface area contributed by atoms with E-state index in [1.165, 1.54) is 0 Å². The van der Waals surface area contributed by atoms with Gasteiger partial charge in [0.2, 0.25) is 0 Å². The van der Waals surface area contributed by atoms with Crippen molar-refractivity contribution < 1.29 is 4.52 Å². The fraction of sp³-hybridized carbons (Fsp3) is 0.400. The summed E-state index contributed by atoms with van der Waals surface area (Å²) in [5.41, 5.74) is 0.788. The van der Waals surface area contributed by atoms with Crippen molar-refractivity contribution >= 4 is 23.2 Å². The number of hydrogen-bond acceptors (Lipinski definition) is 2. The van der Waals surface area contributed by atoms with E-state index in [1.54, 1.807) is 6.07 Å². The van der Waals surface area contributed by atoms with Crippen LogP contribution in [0.25, 0.3) is 0 Å². The highest BCUT2D eigenvalue weighted by molar-refractivity contribution is 6.43. The zero-order valence-electron chi connectivity index (χ0n) is 4.77. The predicted molar refractivity (Wildman–Crippen MR) is 35.7 cm³/mol. The average Bonchev–Trinajstić information content (AvgIpc) is 2.14.